The average Bonchev–Trinajstić information content (AvgIpc) is 3.26. The zero-order chi connectivity index (χ0) is 16.8. The minimum absolute atomic E-state index is 0.435. The Bertz CT molecular complexity index is 763. The van der Waals surface area contributed by atoms with Crippen LogP contribution in [0, 0.1) is 0 Å². The van der Waals surface area contributed by atoms with Gasteiger partial charge in [0.05, 0.1) is 0 Å². The number of aliphatic hydroxyl groups is 1. The monoisotopic (exact) mass is 359 g/mol. The van der Waals surface area contributed by atoms with E-state index in [9.17, 15) is 5.11 Å². The highest BCUT2D eigenvalue weighted by atomic mass is 32.1. The minimum Gasteiger partial charge on any atom is -0.386 e. The van der Waals surface area contributed by atoms with Gasteiger partial charge < -0.3 is 15.7 Å². The summed E-state index contributed by atoms with van der Waals surface area (Å²) in [4.78, 5) is 5.17. The Morgan fingerprint density at radius 1 is 1.25 bits per heavy atom. The molecule has 4 nitrogen and oxygen atoms in total. The van der Waals surface area contributed by atoms with Crippen molar-refractivity contribution in [1.82, 2.24) is 10.6 Å². The first-order chi connectivity index (χ1) is 11.8. The molecule has 2 aromatic heterocycles. The number of rotatable bonds is 6. The van der Waals surface area contributed by atoms with E-state index in [1.807, 2.05) is 12.1 Å². The number of fused-ring (bicyclic) bond motifs is 1. The zero-order valence-electron chi connectivity index (χ0n) is 13.5. The number of thiophene rings is 2. The topological polar surface area (TPSA) is 56.7 Å². The summed E-state index contributed by atoms with van der Waals surface area (Å²) in [7, 11) is 1.74. The Balaban J connectivity index is 1.49. The summed E-state index contributed by atoms with van der Waals surface area (Å²) in [5, 5.41) is 22.3. The van der Waals surface area contributed by atoms with Gasteiger partial charge >= 0.3 is 0 Å². The van der Waals surface area contributed by atoms with Gasteiger partial charge in [-0.3, -0.25) is 4.99 Å². The minimum atomic E-state index is -0.544. The van der Waals surface area contributed by atoms with Gasteiger partial charge in [0.1, 0.15) is 6.10 Å². The van der Waals surface area contributed by atoms with E-state index in [0.717, 1.165) is 17.8 Å². The van der Waals surface area contributed by atoms with Crippen LogP contribution in [0.2, 0.25) is 0 Å². The lowest BCUT2D eigenvalue weighted by Crippen LogP contribution is -2.40. The molecule has 0 spiro atoms. The molecule has 6 heteroatoms. The fraction of sp³-hybridized carbons (Fsp3) is 0.278. The highest BCUT2D eigenvalue weighted by Gasteiger charge is 2.12. The normalized spacial score (nSPS) is 13.2. The molecule has 3 aromatic rings. The second-order valence-corrected chi connectivity index (χ2v) is 7.36. The Hall–Kier alpha value is -1.89. The van der Waals surface area contributed by atoms with Crippen LogP contribution in [0.3, 0.4) is 0 Å². The molecule has 3 rings (SSSR count). The lowest BCUT2D eigenvalue weighted by atomic mass is 10.2. The molecule has 1 atom stereocenters. The SMILES string of the molecule is CN=C(NCCc1ccsc1)NCC(O)c1cc2ccccc2s1. The number of nitrogens with zero attached hydrogens (tertiary/aromatic N) is 1. The van der Waals surface area contributed by atoms with Crippen molar-refractivity contribution >= 4 is 38.7 Å². The fourth-order valence-corrected chi connectivity index (χ4v) is 4.20. The molecular weight excluding hydrogens is 338 g/mol. The van der Waals surface area contributed by atoms with E-state index >= 15 is 0 Å². The smallest absolute Gasteiger partial charge is 0.191 e. The van der Waals surface area contributed by atoms with Crippen molar-refractivity contribution in [2.75, 3.05) is 20.1 Å². The van der Waals surface area contributed by atoms with Gasteiger partial charge in [-0.25, -0.2) is 0 Å². The van der Waals surface area contributed by atoms with Gasteiger partial charge in [-0.1, -0.05) is 18.2 Å². The molecule has 1 aromatic carbocycles. The molecule has 0 saturated carbocycles. The van der Waals surface area contributed by atoms with E-state index in [4.69, 9.17) is 0 Å². The number of hydrogen-bond acceptors (Lipinski definition) is 4. The standard InChI is InChI=1S/C18H21N3OS2/c1-19-18(20-8-6-13-7-9-23-12-13)21-11-15(22)17-10-14-4-2-3-5-16(14)24-17/h2-5,7,9-10,12,15,22H,6,8,11H2,1H3,(H2,19,20,21). The fourth-order valence-electron chi connectivity index (χ4n) is 2.44. The van der Waals surface area contributed by atoms with Crippen LogP contribution in [0.25, 0.3) is 10.1 Å². The first-order valence-electron chi connectivity index (χ1n) is 7.88. The molecule has 0 amide bonds. The third kappa shape index (κ3) is 4.35. The third-order valence-electron chi connectivity index (χ3n) is 3.75. The van der Waals surface area contributed by atoms with Crippen LogP contribution in [0.5, 0.6) is 0 Å². The summed E-state index contributed by atoms with van der Waals surface area (Å²) in [5.41, 5.74) is 1.33. The quantitative estimate of drug-likeness (QED) is 0.467. The van der Waals surface area contributed by atoms with Crippen LogP contribution in [0.4, 0.5) is 0 Å². The van der Waals surface area contributed by atoms with Gasteiger partial charge in [0.15, 0.2) is 5.96 Å². The molecule has 0 saturated heterocycles. The molecule has 24 heavy (non-hydrogen) atoms. The van der Waals surface area contributed by atoms with E-state index in [-0.39, 0.29) is 0 Å². The zero-order valence-corrected chi connectivity index (χ0v) is 15.2. The van der Waals surface area contributed by atoms with E-state index < -0.39 is 6.10 Å². The molecule has 0 aliphatic carbocycles. The van der Waals surface area contributed by atoms with Crippen LogP contribution < -0.4 is 10.6 Å². The molecule has 126 valence electrons. The van der Waals surface area contributed by atoms with E-state index in [0.29, 0.717) is 12.5 Å². The molecule has 1 unspecified atom stereocenters. The van der Waals surface area contributed by atoms with Gasteiger partial charge in [0.2, 0.25) is 0 Å². The lowest BCUT2D eigenvalue weighted by molar-refractivity contribution is 0.184. The average molecular weight is 360 g/mol. The van der Waals surface area contributed by atoms with Crippen molar-refractivity contribution in [2.45, 2.75) is 12.5 Å². The second-order valence-electron chi connectivity index (χ2n) is 5.46. The van der Waals surface area contributed by atoms with E-state index in [1.54, 1.807) is 29.7 Å². The van der Waals surface area contributed by atoms with Crippen molar-refractivity contribution in [3.05, 3.63) is 57.6 Å². The predicted octanol–water partition coefficient (Wildman–Crippen LogP) is 3.40. The van der Waals surface area contributed by atoms with Crippen LogP contribution in [-0.4, -0.2) is 31.2 Å². The maximum atomic E-state index is 10.4. The number of nitrogens with one attached hydrogen (secondary N) is 2. The van der Waals surface area contributed by atoms with Gasteiger partial charge in [-0.15, -0.1) is 11.3 Å². The first kappa shape index (κ1) is 17.0. The Labute approximate surface area is 149 Å². The molecular formula is C18H21N3OS2. The van der Waals surface area contributed by atoms with Gasteiger partial charge in [-0.2, -0.15) is 11.3 Å². The second kappa shape index (κ2) is 8.28. The third-order valence-corrected chi connectivity index (χ3v) is 5.70. The van der Waals surface area contributed by atoms with Crippen molar-refractivity contribution in [3.63, 3.8) is 0 Å². The van der Waals surface area contributed by atoms with Crippen LogP contribution in [0.15, 0.2) is 52.2 Å². The molecule has 0 bridgehead atoms. The van der Waals surface area contributed by atoms with Gasteiger partial charge in [0, 0.05) is 29.7 Å². The Morgan fingerprint density at radius 2 is 2.12 bits per heavy atom. The Kier molecular flexibility index (Phi) is 5.85. The molecule has 0 radical (unpaired) electrons. The lowest BCUT2D eigenvalue weighted by Gasteiger charge is -2.14. The summed E-state index contributed by atoms with van der Waals surface area (Å²) >= 11 is 3.34. The summed E-state index contributed by atoms with van der Waals surface area (Å²) in [6.07, 6.45) is 0.418. The summed E-state index contributed by atoms with van der Waals surface area (Å²) < 4.78 is 1.20. The van der Waals surface area contributed by atoms with Crippen molar-refractivity contribution in [1.29, 1.82) is 0 Å². The molecule has 0 fully saturated rings. The Morgan fingerprint density at radius 3 is 2.88 bits per heavy atom. The van der Waals surface area contributed by atoms with Crippen molar-refractivity contribution < 1.29 is 5.11 Å². The molecule has 0 aliphatic heterocycles. The van der Waals surface area contributed by atoms with Crippen LogP contribution in [0.1, 0.15) is 16.5 Å². The van der Waals surface area contributed by atoms with Gasteiger partial charge in [0.25, 0.3) is 0 Å². The van der Waals surface area contributed by atoms with Crippen LogP contribution >= 0.6 is 22.7 Å². The predicted molar refractivity (Wildman–Crippen MR) is 104 cm³/mol. The first-order valence-corrected chi connectivity index (χ1v) is 9.64. The van der Waals surface area contributed by atoms with Crippen LogP contribution in [-0.2, 0) is 6.42 Å². The number of hydrogen-bond donors (Lipinski definition) is 3. The number of benzene rings is 1. The number of aliphatic imine (C=N–C) groups is 1. The van der Waals surface area contributed by atoms with Gasteiger partial charge in [-0.05, 0) is 46.3 Å². The summed E-state index contributed by atoms with van der Waals surface area (Å²) in [6, 6.07) is 12.4. The van der Waals surface area contributed by atoms with E-state index in [1.165, 1.54) is 15.6 Å². The number of guanidine groups is 1. The summed E-state index contributed by atoms with van der Waals surface area (Å²) in [5.74, 6) is 0.713. The van der Waals surface area contributed by atoms with E-state index in [2.05, 4.69) is 50.7 Å². The molecule has 0 aliphatic rings. The molecule has 2 heterocycles. The maximum absolute atomic E-state index is 10.4. The maximum Gasteiger partial charge on any atom is 0.191 e. The molecule has 3 N–H and O–H groups in total. The largest absolute Gasteiger partial charge is 0.386 e. The van der Waals surface area contributed by atoms with Crippen molar-refractivity contribution in [2.24, 2.45) is 4.99 Å². The number of aliphatic hydroxyl groups excluding tert-OH is 1. The highest BCUT2D eigenvalue weighted by Crippen LogP contribution is 2.29. The summed E-state index contributed by atoms with van der Waals surface area (Å²) in [6.45, 7) is 1.25. The van der Waals surface area contributed by atoms with Crippen molar-refractivity contribution in [3.8, 4) is 0 Å². The highest BCUT2D eigenvalue weighted by molar-refractivity contribution is 7.19.